The number of ether oxygens (including phenoxy) is 2. The smallest absolute Gasteiger partial charge is 0.167 e. The molecule has 0 spiro atoms. The first-order valence-electron chi connectivity index (χ1n) is 15.3. The molecule has 3 aromatic carbocycles. The molecule has 4 aromatic rings. The first-order valence-corrected chi connectivity index (χ1v) is 15.3. The molecule has 0 aliphatic carbocycles. The lowest BCUT2D eigenvalue weighted by Crippen LogP contribution is -2.24. The highest BCUT2D eigenvalue weighted by Crippen LogP contribution is 2.34. The molecule has 43 heavy (non-hydrogen) atoms. The van der Waals surface area contributed by atoms with Crippen LogP contribution in [0.3, 0.4) is 0 Å². The van der Waals surface area contributed by atoms with E-state index in [-0.39, 0.29) is 19.0 Å². The Morgan fingerprint density at radius 2 is 1.26 bits per heavy atom. The van der Waals surface area contributed by atoms with E-state index in [1.807, 2.05) is 38.1 Å². The quantitative estimate of drug-likeness (QED) is 0.146. The van der Waals surface area contributed by atoms with E-state index in [0.717, 1.165) is 46.2 Å². The minimum Gasteiger partial charge on any atom is -0.507 e. The number of phenolic OH excluding ortho intramolecular Hbond substituents is 1. The first-order chi connectivity index (χ1) is 20.7. The monoisotopic (exact) mass is 583 g/mol. The molecule has 2 unspecified atom stereocenters. The van der Waals surface area contributed by atoms with Crippen LogP contribution in [0.4, 0.5) is 0 Å². The van der Waals surface area contributed by atoms with Crippen LogP contribution < -0.4 is 4.74 Å². The van der Waals surface area contributed by atoms with Crippen LogP contribution in [0.2, 0.25) is 0 Å². The summed E-state index contributed by atoms with van der Waals surface area (Å²) in [5, 5.41) is 21.4. The summed E-state index contributed by atoms with van der Waals surface area (Å²) in [5.74, 6) is 2.53. The van der Waals surface area contributed by atoms with E-state index in [0.29, 0.717) is 41.3 Å². The van der Waals surface area contributed by atoms with Gasteiger partial charge in [0.15, 0.2) is 17.5 Å². The van der Waals surface area contributed by atoms with Gasteiger partial charge in [-0.2, -0.15) is 0 Å². The zero-order chi connectivity index (χ0) is 30.9. The first kappa shape index (κ1) is 32.1. The van der Waals surface area contributed by atoms with Crippen molar-refractivity contribution in [3.05, 3.63) is 76.9 Å². The van der Waals surface area contributed by atoms with Crippen molar-refractivity contribution in [3.8, 4) is 45.7 Å². The zero-order valence-electron chi connectivity index (χ0n) is 26.4. The SMILES string of the molecule is CCCC(CC)CCOCC(O)COc1ccc(-c2nc(-c3ccc(C)cc3C)nc(-c3ccc(C)cc3C)n2)c(O)c1. The summed E-state index contributed by atoms with van der Waals surface area (Å²) in [5.41, 5.74) is 6.72. The number of benzene rings is 3. The fourth-order valence-corrected chi connectivity index (χ4v) is 5.33. The average molecular weight is 584 g/mol. The molecule has 0 radical (unpaired) electrons. The summed E-state index contributed by atoms with van der Waals surface area (Å²) in [4.78, 5) is 14.5. The van der Waals surface area contributed by atoms with Gasteiger partial charge in [-0.25, -0.2) is 15.0 Å². The molecule has 228 valence electrons. The molecule has 2 atom stereocenters. The van der Waals surface area contributed by atoms with Gasteiger partial charge in [-0.05, 0) is 63.3 Å². The largest absolute Gasteiger partial charge is 0.507 e. The van der Waals surface area contributed by atoms with Crippen molar-refractivity contribution in [2.75, 3.05) is 19.8 Å². The molecule has 2 N–H and O–H groups in total. The summed E-state index contributed by atoms with van der Waals surface area (Å²) in [6.07, 6.45) is 3.76. The topological polar surface area (TPSA) is 97.6 Å². The molecule has 0 fully saturated rings. The Morgan fingerprint density at radius 1 is 0.698 bits per heavy atom. The molecule has 4 rings (SSSR count). The number of aromatic nitrogens is 3. The van der Waals surface area contributed by atoms with Crippen molar-refractivity contribution in [1.82, 2.24) is 15.0 Å². The highest BCUT2D eigenvalue weighted by molar-refractivity contribution is 5.72. The Kier molecular flexibility index (Phi) is 11.3. The third-order valence-electron chi connectivity index (χ3n) is 7.79. The molecule has 0 aliphatic heterocycles. The van der Waals surface area contributed by atoms with Crippen LogP contribution in [0.15, 0.2) is 54.6 Å². The van der Waals surface area contributed by atoms with Gasteiger partial charge in [0.2, 0.25) is 0 Å². The summed E-state index contributed by atoms with van der Waals surface area (Å²) < 4.78 is 11.5. The Labute approximate surface area is 256 Å². The van der Waals surface area contributed by atoms with Gasteiger partial charge < -0.3 is 19.7 Å². The summed E-state index contributed by atoms with van der Waals surface area (Å²) in [6.45, 7) is 13.5. The average Bonchev–Trinajstić information content (AvgIpc) is 2.97. The number of aliphatic hydroxyl groups is 1. The Hall–Kier alpha value is -3.81. The van der Waals surface area contributed by atoms with Crippen LogP contribution in [-0.2, 0) is 4.74 Å². The van der Waals surface area contributed by atoms with Crippen molar-refractivity contribution >= 4 is 0 Å². The normalized spacial score (nSPS) is 12.7. The minimum absolute atomic E-state index is 0.0193. The molecule has 0 saturated carbocycles. The molecule has 7 heteroatoms. The molecule has 0 bridgehead atoms. The number of hydrogen-bond donors (Lipinski definition) is 2. The number of aryl methyl sites for hydroxylation is 4. The van der Waals surface area contributed by atoms with E-state index in [2.05, 4.69) is 39.8 Å². The van der Waals surface area contributed by atoms with Gasteiger partial charge in [-0.15, -0.1) is 0 Å². The fourth-order valence-electron chi connectivity index (χ4n) is 5.33. The molecular formula is C36H45N3O4. The van der Waals surface area contributed by atoms with Crippen molar-refractivity contribution in [2.45, 2.75) is 73.3 Å². The fraction of sp³-hybridized carbons (Fsp3) is 0.417. The second-order valence-electron chi connectivity index (χ2n) is 11.5. The van der Waals surface area contributed by atoms with Crippen molar-refractivity contribution in [2.24, 2.45) is 5.92 Å². The third-order valence-corrected chi connectivity index (χ3v) is 7.79. The van der Waals surface area contributed by atoms with Crippen LogP contribution in [0.1, 0.15) is 61.8 Å². The Morgan fingerprint density at radius 3 is 1.77 bits per heavy atom. The second-order valence-corrected chi connectivity index (χ2v) is 11.5. The van der Waals surface area contributed by atoms with Crippen molar-refractivity contribution in [3.63, 3.8) is 0 Å². The maximum absolute atomic E-state index is 11.0. The number of rotatable bonds is 14. The number of nitrogens with zero attached hydrogens (tertiary/aromatic N) is 3. The molecule has 0 aliphatic rings. The van der Waals surface area contributed by atoms with E-state index in [1.54, 1.807) is 12.1 Å². The van der Waals surface area contributed by atoms with Crippen molar-refractivity contribution < 1.29 is 19.7 Å². The van der Waals surface area contributed by atoms with Gasteiger partial charge in [0, 0.05) is 23.8 Å². The van der Waals surface area contributed by atoms with Crippen molar-refractivity contribution in [1.29, 1.82) is 0 Å². The highest BCUT2D eigenvalue weighted by atomic mass is 16.5. The van der Waals surface area contributed by atoms with Crippen LogP contribution in [-0.4, -0.2) is 51.1 Å². The number of aromatic hydroxyl groups is 1. The molecule has 7 nitrogen and oxygen atoms in total. The maximum atomic E-state index is 11.0. The van der Waals surface area contributed by atoms with Gasteiger partial charge in [-0.1, -0.05) is 80.6 Å². The van der Waals surface area contributed by atoms with E-state index < -0.39 is 6.10 Å². The van der Waals surface area contributed by atoms with E-state index in [1.165, 1.54) is 18.9 Å². The van der Waals surface area contributed by atoms with Crippen LogP contribution in [0.5, 0.6) is 11.5 Å². The van der Waals surface area contributed by atoms with Crippen LogP contribution >= 0.6 is 0 Å². The predicted octanol–water partition coefficient (Wildman–Crippen LogP) is 7.78. The number of aliphatic hydroxyl groups excluding tert-OH is 1. The summed E-state index contributed by atoms with van der Waals surface area (Å²) in [6, 6.07) is 17.3. The predicted molar refractivity (Wildman–Crippen MR) is 172 cm³/mol. The zero-order valence-corrected chi connectivity index (χ0v) is 26.4. The summed E-state index contributed by atoms with van der Waals surface area (Å²) in [7, 11) is 0. The van der Waals surface area contributed by atoms with Gasteiger partial charge >= 0.3 is 0 Å². The standard InChI is InChI=1S/C36H45N3O4/c1-7-9-27(8-2)16-17-42-21-28(40)22-43-29-12-15-32(33(41)20-29)36-38-34(30-13-10-23(3)18-25(30)5)37-35(39-36)31-14-11-24(4)19-26(31)6/h10-15,18-20,27-28,40-41H,7-9,16-17,21-22H2,1-6H3. The van der Waals surface area contributed by atoms with Gasteiger partial charge in [0.25, 0.3) is 0 Å². The molecule has 1 heterocycles. The number of phenols is 1. The van der Waals surface area contributed by atoms with E-state index in [4.69, 9.17) is 24.4 Å². The van der Waals surface area contributed by atoms with Crippen LogP contribution in [0.25, 0.3) is 34.2 Å². The molecule has 0 saturated heterocycles. The second kappa shape index (κ2) is 15.1. The Balaban J connectivity index is 1.53. The lowest BCUT2D eigenvalue weighted by Gasteiger charge is -2.16. The number of hydrogen-bond acceptors (Lipinski definition) is 7. The Bertz CT molecular complexity index is 1450. The lowest BCUT2D eigenvalue weighted by atomic mass is 9.98. The third kappa shape index (κ3) is 8.62. The summed E-state index contributed by atoms with van der Waals surface area (Å²) >= 11 is 0. The molecule has 0 amide bonds. The van der Waals surface area contributed by atoms with Crippen LogP contribution in [0, 0.1) is 33.6 Å². The molecule has 1 aromatic heterocycles. The molecular weight excluding hydrogens is 538 g/mol. The van der Waals surface area contributed by atoms with E-state index in [9.17, 15) is 10.2 Å². The lowest BCUT2D eigenvalue weighted by molar-refractivity contribution is 0.00785. The minimum atomic E-state index is -0.766. The van der Waals surface area contributed by atoms with Gasteiger partial charge in [0.05, 0.1) is 12.2 Å². The maximum Gasteiger partial charge on any atom is 0.167 e. The highest BCUT2D eigenvalue weighted by Gasteiger charge is 2.18. The van der Waals surface area contributed by atoms with Gasteiger partial charge in [-0.3, -0.25) is 0 Å². The van der Waals surface area contributed by atoms with Gasteiger partial charge in [0.1, 0.15) is 24.2 Å². The van der Waals surface area contributed by atoms with E-state index >= 15 is 0 Å².